The van der Waals surface area contributed by atoms with E-state index in [1.165, 1.54) is 17.3 Å². The molecule has 0 fully saturated rings. The zero-order valence-corrected chi connectivity index (χ0v) is 19.2. The first-order valence-corrected chi connectivity index (χ1v) is 11.4. The Morgan fingerprint density at radius 2 is 1.81 bits per heavy atom. The van der Waals surface area contributed by atoms with E-state index in [1.54, 1.807) is 7.11 Å². The Bertz CT molecular complexity index is 1200. The van der Waals surface area contributed by atoms with Gasteiger partial charge in [-0.25, -0.2) is 0 Å². The first-order chi connectivity index (χ1) is 15.5. The molecule has 0 unspecified atom stereocenters. The van der Waals surface area contributed by atoms with Gasteiger partial charge in [0.2, 0.25) is 5.89 Å². The average Bonchev–Trinajstić information content (AvgIpc) is 3.41. The molecule has 0 saturated carbocycles. The number of Topliss-reactive ketones (excluding diaryl/α,β-unsaturated/α-hetero) is 1. The van der Waals surface area contributed by atoms with Gasteiger partial charge in [-0.3, -0.25) is 4.79 Å². The van der Waals surface area contributed by atoms with Crippen molar-refractivity contribution in [2.75, 3.05) is 12.9 Å². The number of carbonyl (C=O) groups excluding carboxylic acids is 1. The number of methoxy groups -OCH3 is 1. The van der Waals surface area contributed by atoms with Gasteiger partial charge < -0.3 is 13.7 Å². The topological polar surface area (TPSA) is 70.2 Å². The lowest BCUT2D eigenvalue weighted by Crippen LogP contribution is -2.08. The molecule has 7 heteroatoms. The molecule has 32 heavy (non-hydrogen) atoms. The standard InChI is InChI=1S/C25H25N3O3S/c1-17-15-22(18(2)28(17)14-13-19-7-5-4-6-8-19)23(29)16-32-25-27-26-24(31-25)20-9-11-21(30-3)12-10-20/h4-12,15H,13-14,16H2,1-3H3. The van der Waals surface area contributed by atoms with Gasteiger partial charge in [-0.15, -0.1) is 10.2 Å². The Hall–Kier alpha value is -3.32. The van der Waals surface area contributed by atoms with E-state index in [9.17, 15) is 4.79 Å². The van der Waals surface area contributed by atoms with Crippen molar-refractivity contribution in [3.05, 3.63) is 83.2 Å². The second-order valence-corrected chi connectivity index (χ2v) is 8.41. The minimum atomic E-state index is 0.0539. The van der Waals surface area contributed by atoms with Gasteiger partial charge in [0.05, 0.1) is 12.9 Å². The van der Waals surface area contributed by atoms with Gasteiger partial charge in [0.15, 0.2) is 5.78 Å². The normalized spacial score (nSPS) is 11.0. The van der Waals surface area contributed by atoms with E-state index >= 15 is 0 Å². The van der Waals surface area contributed by atoms with Crippen LogP contribution in [0.15, 0.2) is 70.3 Å². The number of thioether (sulfide) groups is 1. The van der Waals surface area contributed by atoms with Crippen molar-refractivity contribution >= 4 is 17.5 Å². The Balaban J connectivity index is 1.38. The van der Waals surface area contributed by atoms with Gasteiger partial charge in [-0.2, -0.15) is 0 Å². The fourth-order valence-electron chi connectivity index (χ4n) is 3.64. The zero-order chi connectivity index (χ0) is 22.5. The van der Waals surface area contributed by atoms with Crippen molar-refractivity contribution < 1.29 is 13.9 Å². The molecule has 0 bridgehead atoms. The molecule has 0 aliphatic rings. The number of benzene rings is 2. The van der Waals surface area contributed by atoms with Crippen LogP contribution >= 0.6 is 11.8 Å². The fourth-order valence-corrected chi connectivity index (χ4v) is 4.28. The summed E-state index contributed by atoms with van der Waals surface area (Å²) >= 11 is 1.26. The molecule has 2 heterocycles. The van der Waals surface area contributed by atoms with E-state index in [0.717, 1.165) is 41.2 Å². The summed E-state index contributed by atoms with van der Waals surface area (Å²) in [4.78, 5) is 12.9. The molecular weight excluding hydrogens is 422 g/mol. The van der Waals surface area contributed by atoms with Crippen LogP contribution < -0.4 is 4.74 Å². The molecule has 0 saturated heterocycles. The number of hydrogen-bond acceptors (Lipinski definition) is 6. The van der Waals surface area contributed by atoms with Gasteiger partial charge in [0, 0.05) is 29.1 Å². The lowest BCUT2D eigenvalue weighted by molar-refractivity contribution is 0.102. The maximum Gasteiger partial charge on any atom is 0.277 e. The molecule has 2 aromatic carbocycles. The number of hydrogen-bond donors (Lipinski definition) is 0. The first kappa shape index (κ1) is 21.9. The highest BCUT2D eigenvalue weighted by Gasteiger charge is 2.18. The summed E-state index contributed by atoms with van der Waals surface area (Å²) in [6.45, 7) is 4.89. The molecule has 0 aliphatic heterocycles. The molecule has 0 aliphatic carbocycles. The summed E-state index contributed by atoms with van der Waals surface area (Å²) < 4.78 is 13.1. The average molecular weight is 448 g/mol. The largest absolute Gasteiger partial charge is 0.497 e. The number of carbonyl (C=O) groups is 1. The molecular formula is C25H25N3O3S. The number of rotatable bonds is 9. The summed E-state index contributed by atoms with van der Waals surface area (Å²) in [7, 11) is 1.62. The molecule has 0 spiro atoms. The van der Waals surface area contributed by atoms with Crippen molar-refractivity contribution in [1.82, 2.24) is 14.8 Å². The molecule has 164 valence electrons. The highest BCUT2D eigenvalue weighted by Crippen LogP contribution is 2.26. The van der Waals surface area contributed by atoms with Crippen LogP contribution in [0.25, 0.3) is 11.5 Å². The van der Waals surface area contributed by atoms with Gasteiger partial charge in [-0.05, 0) is 56.2 Å². The van der Waals surface area contributed by atoms with Crippen LogP contribution in [0.3, 0.4) is 0 Å². The third kappa shape index (κ3) is 4.94. The summed E-state index contributed by atoms with van der Waals surface area (Å²) in [5, 5.41) is 8.53. The highest BCUT2D eigenvalue weighted by atomic mass is 32.2. The monoisotopic (exact) mass is 447 g/mol. The van der Waals surface area contributed by atoms with Crippen LogP contribution in [0.5, 0.6) is 5.75 Å². The van der Waals surface area contributed by atoms with Gasteiger partial charge in [-0.1, -0.05) is 42.1 Å². The Morgan fingerprint density at radius 1 is 1.06 bits per heavy atom. The molecule has 2 aromatic heterocycles. The van der Waals surface area contributed by atoms with E-state index < -0.39 is 0 Å². The van der Waals surface area contributed by atoms with Crippen molar-refractivity contribution in [1.29, 1.82) is 0 Å². The second-order valence-electron chi connectivity index (χ2n) is 7.49. The summed E-state index contributed by atoms with van der Waals surface area (Å²) in [5.74, 6) is 1.47. The van der Waals surface area contributed by atoms with E-state index in [-0.39, 0.29) is 11.5 Å². The fraction of sp³-hybridized carbons (Fsp3) is 0.240. The lowest BCUT2D eigenvalue weighted by Gasteiger charge is -2.10. The predicted octanol–water partition coefficient (Wildman–Crippen LogP) is 5.38. The van der Waals surface area contributed by atoms with Crippen molar-refractivity contribution in [2.24, 2.45) is 0 Å². The molecule has 4 aromatic rings. The van der Waals surface area contributed by atoms with Crippen molar-refractivity contribution in [3.8, 4) is 17.2 Å². The summed E-state index contributed by atoms with van der Waals surface area (Å²) in [6.07, 6.45) is 0.926. The third-order valence-corrected chi connectivity index (χ3v) is 6.23. The Kier molecular flexibility index (Phi) is 6.75. The van der Waals surface area contributed by atoms with Crippen LogP contribution in [0.4, 0.5) is 0 Å². The second kappa shape index (κ2) is 9.87. The van der Waals surface area contributed by atoms with Crippen LogP contribution in [0.2, 0.25) is 0 Å². The first-order valence-electron chi connectivity index (χ1n) is 10.4. The Morgan fingerprint density at radius 3 is 2.53 bits per heavy atom. The van der Waals surface area contributed by atoms with Crippen LogP contribution in [0.1, 0.15) is 27.3 Å². The number of aryl methyl sites for hydroxylation is 2. The molecule has 0 atom stereocenters. The van der Waals surface area contributed by atoms with E-state index in [1.807, 2.05) is 50.2 Å². The molecule has 6 nitrogen and oxygen atoms in total. The highest BCUT2D eigenvalue weighted by molar-refractivity contribution is 7.99. The van der Waals surface area contributed by atoms with Gasteiger partial charge in [0.1, 0.15) is 5.75 Å². The number of aromatic nitrogens is 3. The smallest absolute Gasteiger partial charge is 0.277 e. The molecule has 4 rings (SSSR count). The van der Waals surface area contributed by atoms with Gasteiger partial charge in [0.25, 0.3) is 5.22 Å². The molecule has 0 radical (unpaired) electrons. The van der Waals surface area contributed by atoms with Crippen molar-refractivity contribution in [2.45, 2.75) is 32.0 Å². The maximum absolute atomic E-state index is 12.9. The van der Waals surface area contributed by atoms with Crippen LogP contribution in [-0.4, -0.2) is 33.4 Å². The minimum absolute atomic E-state index is 0.0539. The zero-order valence-electron chi connectivity index (χ0n) is 18.4. The Labute approximate surface area is 191 Å². The van der Waals surface area contributed by atoms with E-state index in [2.05, 4.69) is 39.0 Å². The van der Waals surface area contributed by atoms with E-state index in [4.69, 9.17) is 9.15 Å². The SMILES string of the molecule is COc1ccc(-c2nnc(SCC(=O)c3cc(C)n(CCc4ccccc4)c3C)o2)cc1. The molecule has 0 amide bonds. The number of ketones is 1. The van der Waals surface area contributed by atoms with Gasteiger partial charge >= 0.3 is 0 Å². The summed E-state index contributed by atoms with van der Waals surface area (Å²) in [5.41, 5.74) is 4.92. The quantitative estimate of drug-likeness (QED) is 0.253. The lowest BCUT2D eigenvalue weighted by atomic mass is 10.1. The van der Waals surface area contributed by atoms with E-state index in [0.29, 0.717) is 11.1 Å². The number of ether oxygens (including phenoxy) is 1. The van der Waals surface area contributed by atoms with Crippen LogP contribution in [0, 0.1) is 13.8 Å². The minimum Gasteiger partial charge on any atom is -0.497 e. The predicted molar refractivity (Wildman–Crippen MR) is 125 cm³/mol. The maximum atomic E-state index is 12.9. The third-order valence-electron chi connectivity index (χ3n) is 5.41. The van der Waals surface area contributed by atoms with Crippen molar-refractivity contribution in [3.63, 3.8) is 0 Å². The molecule has 0 N–H and O–H groups in total. The number of nitrogens with zero attached hydrogens (tertiary/aromatic N) is 3. The van der Waals surface area contributed by atoms with Crippen LogP contribution in [-0.2, 0) is 13.0 Å². The summed E-state index contributed by atoms with van der Waals surface area (Å²) in [6, 6.07) is 19.7.